The van der Waals surface area contributed by atoms with E-state index in [9.17, 15) is 10.1 Å². The number of aromatic amines is 1. The Bertz CT molecular complexity index is 972. The molecule has 3 aromatic rings. The first kappa shape index (κ1) is 17.4. The Hall–Kier alpha value is -3.46. The predicted molar refractivity (Wildman–Crippen MR) is 98.0 cm³/mol. The average molecular weight is 349 g/mol. The number of rotatable bonds is 6. The van der Waals surface area contributed by atoms with Gasteiger partial charge in [-0.2, -0.15) is 5.26 Å². The lowest BCUT2D eigenvalue weighted by Gasteiger charge is -2.15. The number of fused-ring (bicyclic) bond motifs is 1. The maximum Gasteiger partial charge on any atom is 0.225 e. The Kier molecular flexibility index (Phi) is 5.09. The second kappa shape index (κ2) is 7.62. The summed E-state index contributed by atoms with van der Waals surface area (Å²) in [5.74, 6) is 1.05. The highest BCUT2D eigenvalue weighted by molar-refractivity contribution is 5.90. The summed E-state index contributed by atoms with van der Waals surface area (Å²) < 4.78 is 10.5. The van der Waals surface area contributed by atoms with Crippen LogP contribution < -0.4 is 14.8 Å². The SMILES string of the molecule is COc1ccc2[nH]cc(CC(=O)N[C@H](C#N)c3ccccc3OC)c2c1. The molecule has 1 heterocycles. The van der Waals surface area contributed by atoms with E-state index < -0.39 is 6.04 Å². The van der Waals surface area contributed by atoms with E-state index >= 15 is 0 Å². The zero-order valence-corrected chi connectivity index (χ0v) is 14.6. The van der Waals surface area contributed by atoms with Crippen LogP contribution >= 0.6 is 0 Å². The van der Waals surface area contributed by atoms with Gasteiger partial charge in [-0.1, -0.05) is 18.2 Å². The van der Waals surface area contributed by atoms with E-state index in [4.69, 9.17) is 9.47 Å². The minimum atomic E-state index is -0.779. The molecule has 0 radical (unpaired) electrons. The van der Waals surface area contributed by atoms with Gasteiger partial charge < -0.3 is 19.8 Å². The number of carbonyl (C=O) groups excluding carboxylic acids is 1. The second-order valence-electron chi connectivity index (χ2n) is 5.77. The number of hydrogen-bond donors (Lipinski definition) is 2. The van der Waals surface area contributed by atoms with Gasteiger partial charge in [-0.25, -0.2) is 0 Å². The maximum absolute atomic E-state index is 12.5. The van der Waals surface area contributed by atoms with Gasteiger partial charge in [0, 0.05) is 22.7 Å². The van der Waals surface area contributed by atoms with Crippen LogP contribution in [-0.2, 0) is 11.2 Å². The van der Waals surface area contributed by atoms with E-state index in [0.29, 0.717) is 11.3 Å². The number of H-pyrrole nitrogens is 1. The normalized spacial score (nSPS) is 11.6. The minimum absolute atomic E-state index is 0.153. The molecule has 0 fully saturated rings. The zero-order valence-electron chi connectivity index (χ0n) is 14.6. The van der Waals surface area contributed by atoms with Crippen LogP contribution in [-0.4, -0.2) is 25.1 Å². The standard InChI is InChI=1S/C20H19N3O3/c1-25-14-7-8-17-16(10-14)13(12-22-17)9-20(24)23-18(11-21)15-5-3-4-6-19(15)26-2/h3-8,10,12,18,22H,9H2,1-2H3,(H,23,24)/t18-/m1/s1. The molecule has 0 aliphatic rings. The molecule has 0 saturated heterocycles. The number of aromatic nitrogens is 1. The van der Waals surface area contributed by atoms with Crippen molar-refractivity contribution < 1.29 is 14.3 Å². The molecule has 0 bridgehead atoms. The first-order chi connectivity index (χ1) is 12.7. The fourth-order valence-corrected chi connectivity index (χ4v) is 2.90. The van der Waals surface area contributed by atoms with E-state index in [2.05, 4.69) is 16.4 Å². The summed E-state index contributed by atoms with van der Waals surface area (Å²) in [6.45, 7) is 0. The largest absolute Gasteiger partial charge is 0.497 e. The van der Waals surface area contributed by atoms with Crippen molar-refractivity contribution in [3.05, 3.63) is 59.8 Å². The lowest BCUT2D eigenvalue weighted by Crippen LogP contribution is -2.29. The molecule has 0 aliphatic carbocycles. The molecule has 6 heteroatoms. The van der Waals surface area contributed by atoms with Gasteiger partial charge in [0.2, 0.25) is 5.91 Å². The van der Waals surface area contributed by atoms with Crippen molar-refractivity contribution in [1.82, 2.24) is 10.3 Å². The van der Waals surface area contributed by atoms with Gasteiger partial charge >= 0.3 is 0 Å². The fourth-order valence-electron chi connectivity index (χ4n) is 2.90. The Labute approximate surface area is 151 Å². The molecule has 0 spiro atoms. The molecule has 1 aromatic heterocycles. The molecule has 6 nitrogen and oxygen atoms in total. The van der Waals surface area contributed by atoms with Crippen molar-refractivity contribution in [3.63, 3.8) is 0 Å². The van der Waals surface area contributed by atoms with Crippen LogP contribution in [0.2, 0.25) is 0 Å². The van der Waals surface area contributed by atoms with Crippen molar-refractivity contribution in [1.29, 1.82) is 5.26 Å². The highest BCUT2D eigenvalue weighted by atomic mass is 16.5. The smallest absolute Gasteiger partial charge is 0.225 e. The molecule has 0 aliphatic heterocycles. The summed E-state index contributed by atoms with van der Waals surface area (Å²) in [6, 6.07) is 14.1. The van der Waals surface area contributed by atoms with Crippen LogP contribution in [0.5, 0.6) is 11.5 Å². The molecule has 0 unspecified atom stereocenters. The van der Waals surface area contributed by atoms with Gasteiger partial charge in [0.05, 0.1) is 26.7 Å². The quantitative estimate of drug-likeness (QED) is 0.716. The van der Waals surface area contributed by atoms with Crippen molar-refractivity contribution in [2.24, 2.45) is 0 Å². The van der Waals surface area contributed by atoms with Crippen molar-refractivity contribution in [2.75, 3.05) is 14.2 Å². The summed E-state index contributed by atoms with van der Waals surface area (Å²) >= 11 is 0. The molecular weight excluding hydrogens is 330 g/mol. The summed E-state index contributed by atoms with van der Waals surface area (Å²) in [5.41, 5.74) is 2.40. The first-order valence-corrected chi connectivity index (χ1v) is 8.12. The van der Waals surface area contributed by atoms with E-state index in [-0.39, 0.29) is 12.3 Å². The lowest BCUT2D eigenvalue weighted by molar-refractivity contribution is -0.120. The fraction of sp³-hybridized carbons (Fsp3) is 0.200. The maximum atomic E-state index is 12.5. The molecule has 0 saturated carbocycles. The van der Waals surface area contributed by atoms with E-state index in [1.807, 2.05) is 24.3 Å². The van der Waals surface area contributed by atoms with Crippen LogP contribution in [0.1, 0.15) is 17.2 Å². The Morgan fingerprint density at radius 2 is 2.04 bits per heavy atom. The van der Waals surface area contributed by atoms with E-state index in [1.165, 1.54) is 7.11 Å². The Morgan fingerprint density at radius 3 is 2.77 bits per heavy atom. The number of amides is 1. The summed E-state index contributed by atoms with van der Waals surface area (Å²) in [7, 11) is 3.14. The number of hydrogen-bond acceptors (Lipinski definition) is 4. The number of carbonyl (C=O) groups is 1. The van der Waals surface area contributed by atoms with Gasteiger partial charge in [0.15, 0.2) is 0 Å². The molecule has 2 aromatic carbocycles. The van der Waals surface area contributed by atoms with Crippen LogP contribution in [0.15, 0.2) is 48.7 Å². The number of para-hydroxylation sites is 1. The van der Waals surface area contributed by atoms with Gasteiger partial charge in [-0.15, -0.1) is 0 Å². The van der Waals surface area contributed by atoms with Crippen LogP contribution in [0, 0.1) is 11.3 Å². The number of nitrogens with zero attached hydrogens (tertiary/aromatic N) is 1. The third-order valence-corrected chi connectivity index (χ3v) is 4.21. The topological polar surface area (TPSA) is 87.1 Å². The zero-order chi connectivity index (χ0) is 18.5. The summed E-state index contributed by atoms with van der Waals surface area (Å²) in [5, 5.41) is 13.2. The van der Waals surface area contributed by atoms with Gasteiger partial charge in [0.25, 0.3) is 0 Å². The Morgan fingerprint density at radius 1 is 1.23 bits per heavy atom. The summed E-state index contributed by atoms with van der Waals surface area (Å²) in [4.78, 5) is 15.6. The number of benzene rings is 2. The third kappa shape index (κ3) is 3.47. The molecule has 26 heavy (non-hydrogen) atoms. The summed E-state index contributed by atoms with van der Waals surface area (Å²) in [6.07, 6.45) is 1.95. The van der Waals surface area contributed by atoms with Crippen molar-refractivity contribution in [3.8, 4) is 17.6 Å². The average Bonchev–Trinajstić information content (AvgIpc) is 3.07. The number of nitriles is 1. The van der Waals surface area contributed by atoms with Crippen molar-refractivity contribution in [2.45, 2.75) is 12.5 Å². The lowest BCUT2D eigenvalue weighted by atomic mass is 10.1. The van der Waals surface area contributed by atoms with Gasteiger partial charge in [-0.3, -0.25) is 4.79 Å². The van der Waals surface area contributed by atoms with Crippen LogP contribution in [0.3, 0.4) is 0 Å². The predicted octanol–water partition coefficient (Wildman–Crippen LogP) is 3.11. The molecule has 1 atom stereocenters. The highest BCUT2D eigenvalue weighted by Gasteiger charge is 2.18. The third-order valence-electron chi connectivity index (χ3n) is 4.21. The molecule has 132 valence electrons. The minimum Gasteiger partial charge on any atom is -0.497 e. The molecule has 1 amide bonds. The monoisotopic (exact) mass is 349 g/mol. The number of nitrogens with one attached hydrogen (secondary N) is 2. The highest BCUT2D eigenvalue weighted by Crippen LogP contribution is 2.26. The van der Waals surface area contributed by atoms with Crippen LogP contribution in [0.4, 0.5) is 0 Å². The van der Waals surface area contributed by atoms with Crippen LogP contribution in [0.25, 0.3) is 10.9 Å². The Balaban J connectivity index is 1.79. The van der Waals surface area contributed by atoms with E-state index in [0.717, 1.165) is 22.2 Å². The second-order valence-corrected chi connectivity index (χ2v) is 5.77. The molecule has 3 rings (SSSR count). The number of methoxy groups -OCH3 is 2. The van der Waals surface area contributed by atoms with E-state index in [1.54, 1.807) is 31.5 Å². The molecule has 2 N–H and O–H groups in total. The number of ether oxygens (including phenoxy) is 2. The van der Waals surface area contributed by atoms with Crippen molar-refractivity contribution >= 4 is 16.8 Å². The van der Waals surface area contributed by atoms with Gasteiger partial charge in [-0.05, 0) is 29.8 Å². The van der Waals surface area contributed by atoms with Gasteiger partial charge in [0.1, 0.15) is 17.5 Å². The molecular formula is C20H19N3O3. The first-order valence-electron chi connectivity index (χ1n) is 8.12.